The monoisotopic (exact) mass is 247 g/mol. The second-order valence-electron chi connectivity index (χ2n) is 6.37. The molecule has 0 amide bonds. The SMILES string of the molecule is CN(Cc1ccncc1)CC1CCC(C)(C)C1N. The van der Waals surface area contributed by atoms with E-state index in [0.29, 0.717) is 17.4 Å². The molecule has 1 aliphatic carbocycles. The van der Waals surface area contributed by atoms with E-state index in [0.717, 1.165) is 13.1 Å². The molecule has 1 saturated carbocycles. The van der Waals surface area contributed by atoms with E-state index in [2.05, 4.69) is 42.9 Å². The molecular formula is C15H25N3. The van der Waals surface area contributed by atoms with Crippen LogP contribution in [-0.4, -0.2) is 29.5 Å². The highest BCUT2D eigenvalue weighted by molar-refractivity contribution is 5.09. The van der Waals surface area contributed by atoms with Gasteiger partial charge in [0.05, 0.1) is 0 Å². The topological polar surface area (TPSA) is 42.2 Å². The molecular weight excluding hydrogens is 222 g/mol. The molecule has 1 aromatic heterocycles. The molecule has 1 aromatic rings. The maximum absolute atomic E-state index is 6.36. The molecule has 1 aliphatic rings. The fourth-order valence-corrected chi connectivity index (χ4v) is 3.01. The van der Waals surface area contributed by atoms with Gasteiger partial charge in [-0.15, -0.1) is 0 Å². The summed E-state index contributed by atoms with van der Waals surface area (Å²) in [6.07, 6.45) is 6.22. The number of rotatable bonds is 4. The van der Waals surface area contributed by atoms with Crippen molar-refractivity contribution in [1.82, 2.24) is 9.88 Å². The zero-order chi connectivity index (χ0) is 13.2. The summed E-state index contributed by atoms with van der Waals surface area (Å²) in [5.74, 6) is 0.631. The molecule has 0 bridgehead atoms. The third-order valence-electron chi connectivity index (χ3n) is 4.32. The van der Waals surface area contributed by atoms with Crippen LogP contribution in [0.2, 0.25) is 0 Å². The van der Waals surface area contributed by atoms with Gasteiger partial charge in [-0.1, -0.05) is 13.8 Å². The fraction of sp³-hybridized carbons (Fsp3) is 0.667. The van der Waals surface area contributed by atoms with Gasteiger partial charge in [-0.3, -0.25) is 4.98 Å². The van der Waals surface area contributed by atoms with Crippen LogP contribution in [0.4, 0.5) is 0 Å². The van der Waals surface area contributed by atoms with E-state index in [-0.39, 0.29) is 0 Å². The second kappa shape index (κ2) is 5.37. The van der Waals surface area contributed by atoms with Crippen LogP contribution in [0.25, 0.3) is 0 Å². The smallest absolute Gasteiger partial charge is 0.0271 e. The Morgan fingerprint density at radius 2 is 2.06 bits per heavy atom. The van der Waals surface area contributed by atoms with Gasteiger partial charge in [0.25, 0.3) is 0 Å². The first kappa shape index (κ1) is 13.5. The maximum atomic E-state index is 6.36. The van der Waals surface area contributed by atoms with Gasteiger partial charge in [0.15, 0.2) is 0 Å². The van der Waals surface area contributed by atoms with Gasteiger partial charge in [-0.25, -0.2) is 0 Å². The van der Waals surface area contributed by atoms with E-state index in [1.165, 1.54) is 18.4 Å². The summed E-state index contributed by atoms with van der Waals surface area (Å²) in [5.41, 5.74) is 7.99. The van der Waals surface area contributed by atoms with E-state index in [1.807, 2.05) is 12.4 Å². The van der Waals surface area contributed by atoms with Crippen LogP contribution in [0, 0.1) is 11.3 Å². The molecule has 0 saturated heterocycles. The quantitative estimate of drug-likeness (QED) is 0.887. The van der Waals surface area contributed by atoms with Crippen LogP contribution in [0.1, 0.15) is 32.3 Å². The largest absolute Gasteiger partial charge is 0.327 e. The summed E-state index contributed by atoms with van der Waals surface area (Å²) in [6.45, 7) is 6.65. The average Bonchev–Trinajstić information content (AvgIpc) is 2.57. The lowest BCUT2D eigenvalue weighted by Crippen LogP contribution is -2.41. The zero-order valence-electron chi connectivity index (χ0n) is 11.8. The van der Waals surface area contributed by atoms with Crippen molar-refractivity contribution in [2.75, 3.05) is 13.6 Å². The first-order valence-corrected chi connectivity index (χ1v) is 6.82. The minimum absolute atomic E-state index is 0.308. The van der Waals surface area contributed by atoms with Gasteiger partial charge in [0, 0.05) is 31.5 Å². The van der Waals surface area contributed by atoms with Crippen molar-refractivity contribution in [2.45, 2.75) is 39.3 Å². The van der Waals surface area contributed by atoms with Crippen LogP contribution >= 0.6 is 0 Å². The van der Waals surface area contributed by atoms with E-state index in [9.17, 15) is 0 Å². The highest BCUT2D eigenvalue weighted by atomic mass is 15.1. The van der Waals surface area contributed by atoms with Crippen molar-refractivity contribution < 1.29 is 0 Å². The summed E-state index contributed by atoms with van der Waals surface area (Å²) < 4.78 is 0. The Morgan fingerprint density at radius 1 is 1.39 bits per heavy atom. The molecule has 1 heterocycles. The molecule has 0 spiro atoms. The Kier molecular flexibility index (Phi) is 4.03. The van der Waals surface area contributed by atoms with Crippen LogP contribution < -0.4 is 5.73 Å². The van der Waals surface area contributed by atoms with Crippen molar-refractivity contribution in [3.05, 3.63) is 30.1 Å². The number of nitrogens with zero attached hydrogens (tertiary/aromatic N) is 2. The van der Waals surface area contributed by atoms with Crippen LogP contribution in [0.15, 0.2) is 24.5 Å². The number of hydrogen-bond acceptors (Lipinski definition) is 3. The number of hydrogen-bond donors (Lipinski definition) is 1. The van der Waals surface area contributed by atoms with Crippen molar-refractivity contribution in [1.29, 1.82) is 0 Å². The first-order valence-electron chi connectivity index (χ1n) is 6.82. The summed E-state index contributed by atoms with van der Waals surface area (Å²) in [6, 6.07) is 4.49. The van der Waals surface area contributed by atoms with Crippen molar-refractivity contribution in [2.24, 2.45) is 17.1 Å². The number of pyridine rings is 1. The molecule has 100 valence electrons. The highest BCUT2D eigenvalue weighted by Gasteiger charge is 2.39. The molecule has 2 atom stereocenters. The Balaban J connectivity index is 1.87. The molecule has 18 heavy (non-hydrogen) atoms. The van der Waals surface area contributed by atoms with Crippen LogP contribution in [0.3, 0.4) is 0 Å². The van der Waals surface area contributed by atoms with Gasteiger partial charge >= 0.3 is 0 Å². The molecule has 0 aromatic carbocycles. The Bertz CT molecular complexity index is 375. The van der Waals surface area contributed by atoms with E-state index >= 15 is 0 Å². The minimum Gasteiger partial charge on any atom is -0.327 e. The molecule has 2 unspecified atom stereocenters. The summed E-state index contributed by atoms with van der Waals surface area (Å²) in [4.78, 5) is 6.42. The fourth-order valence-electron chi connectivity index (χ4n) is 3.01. The van der Waals surface area contributed by atoms with Crippen molar-refractivity contribution >= 4 is 0 Å². The van der Waals surface area contributed by atoms with Gasteiger partial charge in [-0.2, -0.15) is 0 Å². The summed E-state index contributed by atoms with van der Waals surface area (Å²) >= 11 is 0. The molecule has 1 fully saturated rings. The van der Waals surface area contributed by atoms with Gasteiger partial charge in [0.1, 0.15) is 0 Å². The molecule has 3 nitrogen and oxygen atoms in total. The highest BCUT2D eigenvalue weighted by Crippen LogP contribution is 2.40. The van der Waals surface area contributed by atoms with E-state index < -0.39 is 0 Å². The Labute approximate surface area is 110 Å². The third kappa shape index (κ3) is 3.09. The molecule has 0 aliphatic heterocycles. The van der Waals surface area contributed by atoms with Gasteiger partial charge in [0.2, 0.25) is 0 Å². The Morgan fingerprint density at radius 3 is 2.61 bits per heavy atom. The summed E-state index contributed by atoms with van der Waals surface area (Å²) in [5, 5.41) is 0. The maximum Gasteiger partial charge on any atom is 0.0271 e. The second-order valence-corrected chi connectivity index (χ2v) is 6.37. The standard InChI is InChI=1S/C15H25N3/c1-15(2)7-4-13(14(15)16)11-18(3)10-12-5-8-17-9-6-12/h5-6,8-9,13-14H,4,7,10-11,16H2,1-3H3. The number of nitrogens with two attached hydrogens (primary N) is 1. The first-order chi connectivity index (χ1) is 8.49. The lowest BCUT2D eigenvalue weighted by molar-refractivity contribution is 0.229. The normalized spacial score (nSPS) is 26.7. The zero-order valence-corrected chi connectivity index (χ0v) is 11.8. The van der Waals surface area contributed by atoms with E-state index in [4.69, 9.17) is 5.73 Å². The molecule has 2 rings (SSSR count). The minimum atomic E-state index is 0.308. The lowest BCUT2D eigenvalue weighted by Gasteiger charge is -2.29. The molecule has 3 heteroatoms. The molecule has 2 N–H and O–H groups in total. The van der Waals surface area contributed by atoms with Crippen molar-refractivity contribution in [3.63, 3.8) is 0 Å². The Hall–Kier alpha value is -0.930. The van der Waals surface area contributed by atoms with Gasteiger partial charge in [-0.05, 0) is 48.9 Å². The average molecular weight is 247 g/mol. The number of aromatic nitrogens is 1. The third-order valence-corrected chi connectivity index (χ3v) is 4.32. The van der Waals surface area contributed by atoms with E-state index in [1.54, 1.807) is 0 Å². The predicted molar refractivity (Wildman–Crippen MR) is 75.1 cm³/mol. The molecule has 0 radical (unpaired) electrons. The van der Waals surface area contributed by atoms with Crippen LogP contribution in [-0.2, 0) is 6.54 Å². The van der Waals surface area contributed by atoms with Crippen LogP contribution in [0.5, 0.6) is 0 Å². The predicted octanol–water partition coefficient (Wildman–Crippen LogP) is 2.28. The van der Waals surface area contributed by atoms with Crippen molar-refractivity contribution in [3.8, 4) is 0 Å². The van der Waals surface area contributed by atoms with Gasteiger partial charge < -0.3 is 10.6 Å². The lowest BCUT2D eigenvalue weighted by atomic mass is 9.85. The summed E-state index contributed by atoms with van der Waals surface area (Å²) in [7, 11) is 2.18.